The third-order valence-corrected chi connectivity index (χ3v) is 4.69. The van der Waals surface area contributed by atoms with Crippen molar-refractivity contribution in [3.05, 3.63) is 76.9 Å². The van der Waals surface area contributed by atoms with Crippen molar-refractivity contribution in [2.45, 2.75) is 39.0 Å². The highest BCUT2D eigenvalue weighted by Gasteiger charge is 2.15. The van der Waals surface area contributed by atoms with Gasteiger partial charge >= 0.3 is 0 Å². The van der Waals surface area contributed by atoms with E-state index in [1.807, 2.05) is 19.1 Å². The van der Waals surface area contributed by atoms with Crippen LogP contribution in [0.5, 0.6) is 0 Å². The van der Waals surface area contributed by atoms with E-state index in [9.17, 15) is 9.59 Å². The number of furan rings is 1. The predicted molar refractivity (Wildman–Crippen MR) is 110 cm³/mol. The smallest absolute Gasteiger partial charge is 0.267 e. The lowest BCUT2D eigenvalue weighted by atomic mass is 9.97. The lowest BCUT2D eigenvalue weighted by Gasteiger charge is -2.14. The number of carbonyl (C=O) groups excluding carboxylic acids is 2. The highest BCUT2D eigenvalue weighted by molar-refractivity contribution is 6.05. The topological polar surface area (TPSA) is 71.3 Å². The first-order chi connectivity index (χ1) is 13.6. The van der Waals surface area contributed by atoms with Gasteiger partial charge in [0.15, 0.2) is 0 Å². The van der Waals surface area contributed by atoms with E-state index in [4.69, 9.17) is 4.42 Å². The molecular weight excluding hydrogens is 352 g/mol. The van der Waals surface area contributed by atoms with Crippen molar-refractivity contribution in [1.82, 2.24) is 10.6 Å². The fourth-order valence-corrected chi connectivity index (χ4v) is 3.18. The number of hydrogen-bond donors (Lipinski definition) is 2. The summed E-state index contributed by atoms with van der Waals surface area (Å²) in [6.07, 6.45) is 9.37. The molecule has 28 heavy (non-hydrogen) atoms. The fraction of sp³-hybridized carbons (Fsp3) is 0.304. The minimum absolute atomic E-state index is 0.167. The maximum Gasteiger partial charge on any atom is 0.267 e. The zero-order valence-corrected chi connectivity index (χ0v) is 16.2. The third-order valence-electron chi connectivity index (χ3n) is 4.69. The summed E-state index contributed by atoms with van der Waals surface area (Å²) in [5, 5.41) is 5.62. The van der Waals surface area contributed by atoms with Gasteiger partial charge in [0.2, 0.25) is 0 Å². The molecule has 0 atom stereocenters. The zero-order valence-electron chi connectivity index (χ0n) is 16.2. The molecule has 3 rings (SSSR count). The number of hydrogen-bond acceptors (Lipinski definition) is 3. The van der Waals surface area contributed by atoms with E-state index in [1.165, 1.54) is 18.4 Å². The minimum atomic E-state index is -0.333. The Balaban J connectivity index is 1.68. The Labute approximate surface area is 165 Å². The molecule has 5 nitrogen and oxygen atoms in total. The zero-order chi connectivity index (χ0) is 19.8. The summed E-state index contributed by atoms with van der Waals surface area (Å²) in [5.41, 5.74) is 2.05. The highest BCUT2D eigenvalue weighted by atomic mass is 16.3. The molecule has 1 aromatic heterocycles. The molecule has 1 aliphatic carbocycles. The number of benzene rings is 1. The highest BCUT2D eigenvalue weighted by Crippen LogP contribution is 2.19. The molecule has 1 aliphatic rings. The van der Waals surface area contributed by atoms with Crippen molar-refractivity contribution in [3.63, 3.8) is 0 Å². The lowest BCUT2D eigenvalue weighted by Crippen LogP contribution is -2.35. The summed E-state index contributed by atoms with van der Waals surface area (Å²) in [6, 6.07) is 12.4. The molecule has 0 unspecified atom stereocenters. The Morgan fingerprint density at radius 2 is 1.93 bits per heavy atom. The number of rotatable bonds is 7. The summed E-state index contributed by atoms with van der Waals surface area (Å²) in [5.74, 6) is 0.602. The molecule has 0 aliphatic heterocycles. The van der Waals surface area contributed by atoms with Crippen LogP contribution in [-0.2, 0) is 4.79 Å². The molecule has 0 saturated heterocycles. The Kier molecular flexibility index (Phi) is 6.84. The molecular formula is C23H26N2O3. The van der Waals surface area contributed by atoms with Gasteiger partial charge in [0.25, 0.3) is 11.8 Å². The SMILES string of the molecule is Cc1ccc(C=C(NC(=O)c2ccccc2)C(=O)NCCC2=CCCCC2)o1. The van der Waals surface area contributed by atoms with Crippen LogP contribution in [0.15, 0.2) is 64.2 Å². The van der Waals surface area contributed by atoms with Gasteiger partial charge in [-0.05, 0) is 63.3 Å². The summed E-state index contributed by atoms with van der Waals surface area (Å²) < 4.78 is 5.53. The van der Waals surface area contributed by atoms with Crippen molar-refractivity contribution in [1.29, 1.82) is 0 Å². The summed E-state index contributed by atoms with van der Waals surface area (Å²) in [7, 11) is 0. The maximum atomic E-state index is 12.7. The van der Waals surface area contributed by atoms with E-state index in [-0.39, 0.29) is 17.5 Å². The van der Waals surface area contributed by atoms with E-state index in [0.29, 0.717) is 17.9 Å². The monoisotopic (exact) mass is 378 g/mol. The van der Waals surface area contributed by atoms with Crippen LogP contribution in [0, 0.1) is 6.92 Å². The van der Waals surface area contributed by atoms with Crippen LogP contribution in [0.1, 0.15) is 54.0 Å². The van der Waals surface area contributed by atoms with E-state index in [1.54, 1.807) is 36.4 Å². The second-order valence-corrected chi connectivity index (χ2v) is 6.94. The van der Waals surface area contributed by atoms with Crippen LogP contribution in [0.4, 0.5) is 0 Å². The number of carbonyl (C=O) groups is 2. The first-order valence-electron chi connectivity index (χ1n) is 9.72. The summed E-state index contributed by atoms with van der Waals surface area (Å²) >= 11 is 0. The average molecular weight is 378 g/mol. The molecule has 1 aromatic carbocycles. The van der Waals surface area contributed by atoms with E-state index in [2.05, 4.69) is 16.7 Å². The Bertz CT molecular complexity index is 878. The van der Waals surface area contributed by atoms with Crippen LogP contribution >= 0.6 is 0 Å². The van der Waals surface area contributed by atoms with Crippen molar-refractivity contribution in [2.75, 3.05) is 6.54 Å². The summed E-state index contributed by atoms with van der Waals surface area (Å²) in [4.78, 5) is 25.2. The molecule has 0 bridgehead atoms. The molecule has 5 heteroatoms. The van der Waals surface area contributed by atoms with Crippen molar-refractivity contribution in [3.8, 4) is 0 Å². The molecule has 0 spiro atoms. The molecule has 146 valence electrons. The first-order valence-corrected chi connectivity index (χ1v) is 9.72. The Morgan fingerprint density at radius 1 is 1.11 bits per heavy atom. The van der Waals surface area contributed by atoms with Gasteiger partial charge < -0.3 is 15.1 Å². The second kappa shape index (κ2) is 9.74. The van der Waals surface area contributed by atoms with E-state index >= 15 is 0 Å². The van der Waals surface area contributed by atoms with Crippen molar-refractivity contribution in [2.24, 2.45) is 0 Å². The van der Waals surface area contributed by atoms with Gasteiger partial charge in [-0.2, -0.15) is 0 Å². The molecule has 2 N–H and O–H groups in total. The standard InChI is InChI=1S/C23H26N2O3/c1-17-12-13-20(28-17)16-21(25-22(26)19-10-6-3-7-11-19)23(27)24-15-14-18-8-4-2-5-9-18/h3,6-8,10-13,16H,2,4-5,9,14-15H2,1H3,(H,24,27)(H,25,26). The Morgan fingerprint density at radius 3 is 2.61 bits per heavy atom. The Hall–Kier alpha value is -3.08. The largest absolute Gasteiger partial charge is 0.462 e. The van der Waals surface area contributed by atoms with E-state index in [0.717, 1.165) is 25.0 Å². The quantitative estimate of drug-likeness (QED) is 0.555. The predicted octanol–water partition coefficient (Wildman–Crippen LogP) is 4.37. The summed E-state index contributed by atoms with van der Waals surface area (Å²) in [6.45, 7) is 2.37. The number of nitrogens with one attached hydrogen (secondary N) is 2. The van der Waals surface area contributed by atoms with Crippen molar-refractivity contribution < 1.29 is 14.0 Å². The molecule has 0 fully saturated rings. The molecule has 0 radical (unpaired) electrons. The van der Waals surface area contributed by atoms with Crippen LogP contribution < -0.4 is 10.6 Å². The molecule has 1 heterocycles. The first kappa shape index (κ1) is 19.7. The number of aryl methyl sites for hydroxylation is 1. The van der Waals surface area contributed by atoms with Gasteiger partial charge in [0.05, 0.1) is 0 Å². The minimum Gasteiger partial charge on any atom is -0.462 e. The van der Waals surface area contributed by atoms with E-state index < -0.39 is 0 Å². The van der Waals surface area contributed by atoms with Crippen LogP contribution in [-0.4, -0.2) is 18.4 Å². The molecule has 2 aromatic rings. The van der Waals surface area contributed by atoms with Gasteiger partial charge in [0.1, 0.15) is 17.2 Å². The van der Waals surface area contributed by atoms with Gasteiger partial charge in [0, 0.05) is 18.2 Å². The average Bonchev–Trinajstić information content (AvgIpc) is 3.13. The second-order valence-electron chi connectivity index (χ2n) is 6.94. The van der Waals surface area contributed by atoms with Crippen LogP contribution in [0.3, 0.4) is 0 Å². The molecule has 0 saturated carbocycles. The van der Waals surface area contributed by atoms with Gasteiger partial charge in [-0.3, -0.25) is 9.59 Å². The van der Waals surface area contributed by atoms with Crippen LogP contribution in [0.25, 0.3) is 6.08 Å². The van der Waals surface area contributed by atoms with Gasteiger partial charge in [-0.1, -0.05) is 29.8 Å². The number of allylic oxidation sites excluding steroid dienone is 1. The van der Waals surface area contributed by atoms with Gasteiger partial charge in [-0.25, -0.2) is 0 Å². The van der Waals surface area contributed by atoms with Crippen LogP contribution in [0.2, 0.25) is 0 Å². The lowest BCUT2D eigenvalue weighted by molar-refractivity contribution is -0.117. The normalized spacial score (nSPS) is 14.3. The van der Waals surface area contributed by atoms with Crippen molar-refractivity contribution >= 4 is 17.9 Å². The fourth-order valence-electron chi connectivity index (χ4n) is 3.18. The maximum absolute atomic E-state index is 12.7. The number of amides is 2. The third kappa shape index (κ3) is 5.71. The molecule has 2 amide bonds. The van der Waals surface area contributed by atoms with Gasteiger partial charge in [-0.15, -0.1) is 0 Å².